The number of anilines is 1. The van der Waals surface area contributed by atoms with Crippen molar-refractivity contribution in [3.05, 3.63) is 99.6 Å². The third kappa shape index (κ3) is 5.87. The number of sulfone groups is 1. The van der Waals surface area contributed by atoms with Crippen LogP contribution >= 0.6 is 22.9 Å². The summed E-state index contributed by atoms with van der Waals surface area (Å²) in [7, 11) is -3.33. The molecule has 0 unspecified atom stereocenters. The predicted octanol–water partition coefficient (Wildman–Crippen LogP) is 5.81. The van der Waals surface area contributed by atoms with Crippen molar-refractivity contribution in [3.63, 3.8) is 0 Å². The fraction of sp³-hybridized carbons (Fsp3) is 0.115. The molecular weight excluding hydrogens is 523 g/mol. The first-order valence-corrected chi connectivity index (χ1v) is 13.7. The third-order valence-corrected chi connectivity index (χ3v) is 8.25. The lowest BCUT2D eigenvalue weighted by molar-refractivity contribution is -0.115. The number of hydrogen-bond donors (Lipinski definition) is 1. The van der Waals surface area contributed by atoms with Crippen molar-refractivity contribution in [2.45, 2.75) is 18.2 Å². The van der Waals surface area contributed by atoms with Gasteiger partial charge in [0.05, 0.1) is 22.8 Å². The summed E-state index contributed by atoms with van der Waals surface area (Å²) >= 11 is 7.11. The second kappa shape index (κ2) is 10.7. The normalized spacial score (nSPS) is 11.3. The van der Waals surface area contributed by atoms with Crippen LogP contribution in [-0.4, -0.2) is 30.8 Å². The number of thiazole rings is 1. The standard InChI is InChI=1S/C26H20ClFN2O4S2/c1-2-36(33,34)21-11-9-16(10-12-21)13-22(31)29-26-30-23(17-5-3-7-19(27)14-17)25(35-26)24(32)18-6-4-8-20(28)15-18/h3-12,14-15H,2,13H2,1H3,(H,29,30,31). The van der Waals surface area contributed by atoms with Gasteiger partial charge in [-0.25, -0.2) is 17.8 Å². The molecule has 0 radical (unpaired) electrons. The van der Waals surface area contributed by atoms with Crippen LogP contribution in [0.25, 0.3) is 11.3 Å². The first-order valence-electron chi connectivity index (χ1n) is 10.8. The van der Waals surface area contributed by atoms with Crippen LogP contribution in [0.1, 0.15) is 27.7 Å². The topological polar surface area (TPSA) is 93.2 Å². The van der Waals surface area contributed by atoms with Crippen LogP contribution in [0, 0.1) is 5.82 Å². The second-order valence-corrected chi connectivity index (χ2v) is 11.5. The molecule has 6 nitrogen and oxygen atoms in total. The highest BCUT2D eigenvalue weighted by atomic mass is 35.5. The van der Waals surface area contributed by atoms with Gasteiger partial charge in [0.25, 0.3) is 0 Å². The van der Waals surface area contributed by atoms with E-state index in [0.717, 1.165) is 17.4 Å². The van der Waals surface area contributed by atoms with Crippen molar-refractivity contribution in [1.29, 1.82) is 0 Å². The van der Waals surface area contributed by atoms with E-state index in [1.54, 1.807) is 43.3 Å². The lowest BCUT2D eigenvalue weighted by atomic mass is 10.0. The fourth-order valence-corrected chi connectivity index (χ4v) is 5.49. The maximum Gasteiger partial charge on any atom is 0.230 e. The van der Waals surface area contributed by atoms with Gasteiger partial charge in [0.1, 0.15) is 10.7 Å². The summed E-state index contributed by atoms with van der Waals surface area (Å²) in [5, 5.41) is 3.34. The number of amides is 1. The highest BCUT2D eigenvalue weighted by Crippen LogP contribution is 2.34. The van der Waals surface area contributed by atoms with E-state index >= 15 is 0 Å². The smallest absolute Gasteiger partial charge is 0.230 e. The average Bonchev–Trinajstić information content (AvgIpc) is 3.27. The largest absolute Gasteiger partial charge is 0.302 e. The molecule has 0 bridgehead atoms. The number of aromatic nitrogens is 1. The molecule has 4 rings (SSSR count). The minimum Gasteiger partial charge on any atom is -0.302 e. The Bertz CT molecular complexity index is 1550. The maximum atomic E-state index is 13.7. The number of nitrogens with zero attached hydrogens (tertiary/aromatic N) is 1. The Morgan fingerprint density at radius 1 is 1.03 bits per heavy atom. The number of benzene rings is 3. The molecule has 4 aromatic rings. The lowest BCUT2D eigenvalue weighted by Gasteiger charge is -2.04. The molecule has 0 aliphatic rings. The summed E-state index contributed by atoms with van der Waals surface area (Å²) in [4.78, 5) is 30.8. The van der Waals surface area contributed by atoms with Crippen molar-refractivity contribution >= 4 is 49.6 Å². The van der Waals surface area contributed by atoms with Crippen molar-refractivity contribution < 1.29 is 22.4 Å². The summed E-state index contributed by atoms with van der Waals surface area (Å²) in [6.07, 6.45) is -0.0221. The molecule has 184 valence electrons. The van der Waals surface area contributed by atoms with Crippen molar-refractivity contribution in [1.82, 2.24) is 4.98 Å². The molecule has 1 aromatic heterocycles. The van der Waals surface area contributed by atoms with Gasteiger partial charge in [-0.1, -0.05) is 66.3 Å². The van der Waals surface area contributed by atoms with Crippen molar-refractivity contribution in [2.24, 2.45) is 0 Å². The molecular formula is C26H20ClFN2O4S2. The van der Waals surface area contributed by atoms with Gasteiger partial charge in [0, 0.05) is 16.1 Å². The minimum absolute atomic E-state index is 0.0114. The van der Waals surface area contributed by atoms with Gasteiger partial charge < -0.3 is 5.32 Å². The lowest BCUT2D eigenvalue weighted by Crippen LogP contribution is -2.14. The number of halogens is 2. The third-order valence-electron chi connectivity index (χ3n) is 5.29. The van der Waals surface area contributed by atoms with Gasteiger partial charge in [0.15, 0.2) is 15.0 Å². The number of rotatable bonds is 8. The number of ketones is 1. The first kappa shape index (κ1) is 25.7. The first-order chi connectivity index (χ1) is 17.2. The zero-order valence-corrected chi connectivity index (χ0v) is 21.4. The monoisotopic (exact) mass is 542 g/mol. The van der Waals surface area contributed by atoms with Crippen LogP contribution < -0.4 is 5.32 Å². The van der Waals surface area contributed by atoms with E-state index in [0.29, 0.717) is 21.8 Å². The number of hydrogen-bond acceptors (Lipinski definition) is 6. The predicted molar refractivity (Wildman–Crippen MR) is 139 cm³/mol. The molecule has 0 aliphatic heterocycles. The van der Waals surface area contributed by atoms with Crippen LogP contribution in [0.3, 0.4) is 0 Å². The maximum absolute atomic E-state index is 13.7. The zero-order valence-electron chi connectivity index (χ0n) is 19.0. The molecule has 0 fully saturated rings. The Balaban J connectivity index is 1.60. The van der Waals surface area contributed by atoms with Crippen LogP contribution in [0.15, 0.2) is 77.7 Å². The van der Waals surface area contributed by atoms with E-state index in [2.05, 4.69) is 10.3 Å². The molecule has 36 heavy (non-hydrogen) atoms. The Morgan fingerprint density at radius 2 is 1.75 bits per heavy atom. The summed E-state index contributed by atoms with van der Waals surface area (Å²) in [6.45, 7) is 1.57. The molecule has 1 heterocycles. The minimum atomic E-state index is -3.33. The molecule has 0 saturated carbocycles. The van der Waals surface area contributed by atoms with E-state index in [-0.39, 0.29) is 32.6 Å². The van der Waals surface area contributed by atoms with Crippen LogP contribution in [0.2, 0.25) is 5.02 Å². The highest BCUT2D eigenvalue weighted by molar-refractivity contribution is 7.91. The molecule has 1 N–H and O–H groups in total. The van der Waals surface area contributed by atoms with Gasteiger partial charge in [-0.05, 0) is 42.0 Å². The summed E-state index contributed by atoms with van der Waals surface area (Å²) in [5.41, 5.74) is 1.67. The average molecular weight is 543 g/mol. The Kier molecular flexibility index (Phi) is 7.63. The van der Waals surface area contributed by atoms with E-state index in [4.69, 9.17) is 11.6 Å². The SMILES string of the molecule is CCS(=O)(=O)c1ccc(CC(=O)Nc2nc(-c3cccc(Cl)c3)c(C(=O)c3cccc(F)c3)s2)cc1. The zero-order chi connectivity index (χ0) is 25.9. The van der Waals surface area contributed by atoms with E-state index in [1.165, 1.54) is 30.3 Å². The van der Waals surface area contributed by atoms with Crippen molar-refractivity contribution in [2.75, 3.05) is 11.1 Å². The summed E-state index contributed by atoms with van der Waals surface area (Å²) in [5.74, 6) is -1.38. The molecule has 0 spiro atoms. The van der Waals surface area contributed by atoms with Gasteiger partial charge >= 0.3 is 0 Å². The molecule has 0 atom stereocenters. The van der Waals surface area contributed by atoms with Gasteiger partial charge in [-0.15, -0.1) is 0 Å². The summed E-state index contributed by atoms with van der Waals surface area (Å²) in [6, 6.07) is 18.2. The van der Waals surface area contributed by atoms with E-state index in [1.807, 2.05) is 0 Å². The fourth-order valence-electron chi connectivity index (χ4n) is 3.45. The second-order valence-electron chi connectivity index (χ2n) is 7.82. The number of carbonyl (C=O) groups is 2. The van der Waals surface area contributed by atoms with Crippen molar-refractivity contribution in [3.8, 4) is 11.3 Å². The molecule has 10 heteroatoms. The van der Waals surface area contributed by atoms with Gasteiger partial charge in [0.2, 0.25) is 11.7 Å². The van der Waals surface area contributed by atoms with Crippen LogP contribution in [-0.2, 0) is 21.1 Å². The van der Waals surface area contributed by atoms with E-state index in [9.17, 15) is 22.4 Å². The molecule has 3 aromatic carbocycles. The Hall–Kier alpha value is -3.40. The Morgan fingerprint density at radius 3 is 2.42 bits per heavy atom. The van der Waals surface area contributed by atoms with Gasteiger partial charge in [-0.2, -0.15) is 0 Å². The Labute approximate surface area is 216 Å². The van der Waals surface area contributed by atoms with Crippen LogP contribution in [0.4, 0.5) is 9.52 Å². The number of carbonyl (C=O) groups excluding carboxylic acids is 2. The van der Waals surface area contributed by atoms with Crippen LogP contribution in [0.5, 0.6) is 0 Å². The molecule has 1 amide bonds. The molecule has 0 saturated heterocycles. The summed E-state index contributed by atoms with van der Waals surface area (Å²) < 4.78 is 37.7. The van der Waals surface area contributed by atoms with Gasteiger partial charge in [-0.3, -0.25) is 9.59 Å². The van der Waals surface area contributed by atoms with E-state index < -0.39 is 27.3 Å². The number of nitrogens with one attached hydrogen (secondary N) is 1. The quantitative estimate of drug-likeness (QED) is 0.284. The highest BCUT2D eigenvalue weighted by Gasteiger charge is 2.22. The molecule has 0 aliphatic carbocycles.